The van der Waals surface area contributed by atoms with E-state index >= 15 is 0 Å². The zero-order valence-electron chi connectivity index (χ0n) is 12.7. The minimum atomic E-state index is 0.392. The maximum atomic E-state index is 5.50. The first-order valence-corrected chi connectivity index (χ1v) is 7.24. The van der Waals surface area contributed by atoms with Gasteiger partial charge in [-0.3, -0.25) is 0 Å². The van der Waals surface area contributed by atoms with Gasteiger partial charge in [0.05, 0.1) is 33.0 Å². The highest BCUT2D eigenvalue weighted by atomic mass is 16.5. The largest absolute Gasteiger partial charge is 0.382 e. The Balaban J connectivity index is 1.86. The Hall–Kier alpha value is -0.200. The van der Waals surface area contributed by atoms with Gasteiger partial charge in [-0.05, 0) is 33.4 Å². The first-order chi connectivity index (χ1) is 9.21. The van der Waals surface area contributed by atoms with Crippen LogP contribution in [0.25, 0.3) is 0 Å². The quantitative estimate of drug-likeness (QED) is 0.532. The molecule has 1 saturated carbocycles. The van der Waals surface area contributed by atoms with Gasteiger partial charge in [0.25, 0.3) is 0 Å². The maximum Gasteiger partial charge on any atom is 0.0701 e. The number of hydrogen-bond acceptors (Lipinski definition) is 5. The first kappa shape index (κ1) is 16.9. The van der Waals surface area contributed by atoms with Gasteiger partial charge < -0.3 is 24.4 Å². The summed E-state index contributed by atoms with van der Waals surface area (Å²) in [5, 5.41) is 3.49. The van der Waals surface area contributed by atoms with E-state index in [9.17, 15) is 0 Å². The normalized spacial score (nSPS) is 17.7. The molecule has 0 aromatic rings. The van der Waals surface area contributed by atoms with Crippen molar-refractivity contribution in [3.63, 3.8) is 0 Å². The minimum Gasteiger partial charge on any atom is -0.382 e. The number of rotatable bonds is 12. The van der Waals surface area contributed by atoms with Crippen molar-refractivity contribution < 1.29 is 14.2 Å². The Morgan fingerprint density at radius 2 is 1.63 bits per heavy atom. The number of ether oxygens (including phenoxy) is 3. The molecule has 0 spiro atoms. The van der Waals surface area contributed by atoms with Crippen molar-refractivity contribution in [3.05, 3.63) is 0 Å². The molecule has 1 aliphatic carbocycles. The van der Waals surface area contributed by atoms with Gasteiger partial charge in [0, 0.05) is 25.7 Å². The molecular formula is C14H30N2O3. The van der Waals surface area contributed by atoms with Crippen LogP contribution in [0.4, 0.5) is 0 Å². The second-order valence-electron chi connectivity index (χ2n) is 5.37. The fourth-order valence-corrected chi connectivity index (χ4v) is 2.30. The molecular weight excluding hydrogens is 244 g/mol. The molecule has 0 heterocycles. The van der Waals surface area contributed by atoms with Crippen LogP contribution in [0, 0.1) is 0 Å². The number of likely N-dealkylation sites (N-methyl/N-ethyl adjacent to an activating group) is 1. The number of nitrogens with zero attached hydrogens (tertiary/aromatic N) is 1. The molecule has 1 N–H and O–H groups in total. The van der Waals surface area contributed by atoms with E-state index in [0.29, 0.717) is 32.0 Å². The van der Waals surface area contributed by atoms with Crippen molar-refractivity contribution in [1.29, 1.82) is 0 Å². The zero-order valence-corrected chi connectivity index (χ0v) is 12.7. The summed E-state index contributed by atoms with van der Waals surface area (Å²) < 4.78 is 15.7. The van der Waals surface area contributed by atoms with E-state index in [-0.39, 0.29) is 0 Å². The van der Waals surface area contributed by atoms with Crippen LogP contribution in [0.15, 0.2) is 0 Å². The molecule has 0 saturated heterocycles. The van der Waals surface area contributed by atoms with Crippen molar-refractivity contribution in [1.82, 2.24) is 10.2 Å². The van der Waals surface area contributed by atoms with E-state index in [0.717, 1.165) is 19.7 Å². The molecule has 0 amide bonds. The molecule has 5 nitrogen and oxygen atoms in total. The molecule has 1 rings (SSSR count). The lowest BCUT2D eigenvalue weighted by Gasteiger charge is -2.47. The van der Waals surface area contributed by atoms with Gasteiger partial charge in [0.2, 0.25) is 0 Å². The van der Waals surface area contributed by atoms with Gasteiger partial charge in [-0.1, -0.05) is 0 Å². The van der Waals surface area contributed by atoms with Gasteiger partial charge in [-0.25, -0.2) is 0 Å². The zero-order chi connectivity index (χ0) is 14.0. The van der Waals surface area contributed by atoms with Gasteiger partial charge in [-0.2, -0.15) is 0 Å². The summed E-state index contributed by atoms with van der Waals surface area (Å²) in [5.74, 6) is 0. The maximum absolute atomic E-state index is 5.50. The molecule has 114 valence electrons. The lowest BCUT2D eigenvalue weighted by atomic mass is 9.75. The summed E-state index contributed by atoms with van der Waals surface area (Å²) in [6.07, 6.45) is 3.97. The lowest BCUT2D eigenvalue weighted by molar-refractivity contribution is 0.0230. The van der Waals surface area contributed by atoms with Crippen LogP contribution in [0.3, 0.4) is 0 Å². The van der Waals surface area contributed by atoms with Crippen LogP contribution in [0.1, 0.15) is 19.3 Å². The molecule has 5 heteroatoms. The van der Waals surface area contributed by atoms with Gasteiger partial charge in [0.15, 0.2) is 0 Å². The Labute approximate surface area is 117 Å². The lowest BCUT2D eigenvalue weighted by Crippen LogP contribution is -2.56. The van der Waals surface area contributed by atoms with Crippen LogP contribution in [0.2, 0.25) is 0 Å². The van der Waals surface area contributed by atoms with E-state index in [1.807, 2.05) is 0 Å². The molecule has 1 aliphatic rings. The summed E-state index contributed by atoms with van der Waals surface area (Å²) in [4.78, 5) is 2.36. The minimum absolute atomic E-state index is 0.392. The summed E-state index contributed by atoms with van der Waals surface area (Å²) in [5.41, 5.74) is 0.392. The number of methoxy groups -OCH3 is 1. The standard InChI is InChI=1S/C14H30N2O3/c1-16(2)14(5-4-6-14)13-15-7-8-18-11-12-19-10-9-17-3/h15H,4-13H2,1-3H3. The topological polar surface area (TPSA) is 43.0 Å². The summed E-state index contributed by atoms with van der Waals surface area (Å²) in [7, 11) is 6.03. The van der Waals surface area contributed by atoms with Crippen molar-refractivity contribution in [2.24, 2.45) is 0 Å². The average molecular weight is 274 g/mol. The highest BCUT2D eigenvalue weighted by Crippen LogP contribution is 2.35. The van der Waals surface area contributed by atoms with Crippen molar-refractivity contribution in [2.45, 2.75) is 24.8 Å². The molecule has 1 fully saturated rings. The third-order valence-corrected chi connectivity index (χ3v) is 3.91. The van der Waals surface area contributed by atoms with E-state index in [4.69, 9.17) is 14.2 Å². The Bertz CT molecular complexity index is 221. The predicted molar refractivity (Wildman–Crippen MR) is 76.7 cm³/mol. The van der Waals surface area contributed by atoms with Gasteiger partial charge in [-0.15, -0.1) is 0 Å². The average Bonchev–Trinajstić information content (AvgIpc) is 2.33. The summed E-state index contributed by atoms with van der Waals surface area (Å²) >= 11 is 0. The van der Waals surface area contributed by atoms with Gasteiger partial charge in [0.1, 0.15) is 0 Å². The highest BCUT2D eigenvalue weighted by Gasteiger charge is 2.38. The second kappa shape index (κ2) is 9.66. The summed E-state index contributed by atoms with van der Waals surface area (Å²) in [6.45, 7) is 5.31. The van der Waals surface area contributed by atoms with E-state index in [1.54, 1.807) is 7.11 Å². The van der Waals surface area contributed by atoms with E-state index < -0.39 is 0 Å². The summed E-state index contributed by atoms with van der Waals surface area (Å²) in [6, 6.07) is 0. The number of hydrogen-bond donors (Lipinski definition) is 1. The molecule has 0 unspecified atom stereocenters. The van der Waals surface area contributed by atoms with E-state index in [2.05, 4.69) is 24.3 Å². The molecule has 0 aliphatic heterocycles. The Kier molecular flexibility index (Phi) is 8.57. The smallest absolute Gasteiger partial charge is 0.0701 e. The molecule has 0 aromatic carbocycles. The molecule has 19 heavy (non-hydrogen) atoms. The molecule has 0 bridgehead atoms. The third kappa shape index (κ3) is 6.19. The molecule has 0 aromatic heterocycles. The van der Waals surface area contributed by atoms with Crippen LogP contribution in [-0.4, -0.2) is 77.8 Å². The fourth-order valence-electron chi connectivity index (χ4n) is 2.30. The predicted octanol–water partition coefficient (Wildman–Crippen LogP) is 0.740. The van der Waals surface area contributed by atoms with Crippen LogP contribution < -0.4 is 5.32 Å². The SMILES string of the molecule is COCCOCCOCCNCC1(N(C)C)CCC1. The van der Waals surface area contributed by atoms with E-state index in [1.165, 1.54) is 19.3 Å². The Morgan fingerprint density at radius 3 is 2.16 bits per heavy atom. The monoisotopic (exact) mass is 274 g/mol. The van der Waals surface area contributed by atoms with Crippen LogP contribution >= 0.6 is 0 Å². The van der Waals surface area contributed by atoms with Crippen LogP contribution in [-0.2, 0) is 14.2 Å². The third-order valence-electron chi connectivity index (χ3n) is 3.91. The highest BCUT2D eigenvalue weighted by molar-refractivity contribution is 4.97. The number of nitrogens with one attached hydrogen (secondary N) is 1. The Morgan fingerprint density at radius 1 is 1.00 bits per heavy atom. The molecule has 0 radical (unpaired) electrons. The molecule has 0 atom stereocenters. The second-order valence-corrected chi connectivity index (χ2v) is 5.37. The van der Waals surface area contributed by atoms with Crippen LogP contribution in [0.5, 0.6) is 0 Å². The fraction of sp³-hybridized carbons (Fsp3) is 1.00. The van der Waals surface area contributed by atoms with Crippen molar-refractivity contribution >= 4 is 0 Å². The van der Waals surface area contributed by atoms with Gasteiger partial charge >= 0.3 is 0 Å². The van der Waals surface area contributed by atoms with Crippen molar-refractivity contribution in [3.8, 4) is 0 Å². The van der Waals surface area contributed by atoms with Crippen molar-refractivity contribution in [2.75, 3.05) is 67.3 Å². The first-order valence-electron chi connectivity index (χ1n) is 7.24.